The number of rotatable bonds is 7. The third-order valence-electron chi connectivity index (χ3n) is 4.28. The first-order valence-electron chi connectivity index (χ1n) is 7.80. The number of hydrogen-bond acceptors (Lipinski definition) is 2. The summed E-state index contributed by atoms with van der Waals surface area (Å²) >= 11 is 0. The van der Waals surface area contributed by atoms with E-state index in [1.807, 2.05) is 35.2 Å². The molecule has 1 aromatic carbocycles. The third-order valence-corrected chi connectivity index (χ3v) is 4.28. The van der Waals surface area contributed by atoms with Crippen LogP contribution in [-0.2, 0) is 11.2 Å². The van der Waals surface area contributed by atoms with Gasteiger partial charge in [0.05, 0.1) is 6.04 Å². The van der Waals surface area contributed by atoms with Crippen molar-refractivity contribution in [3.63, 3.8) is 0 Å². The molecule has 21 heavy (non-hydrogen) atoms. The molecule has 3 rings (SSSR count). The maximum absolute atomic E-state index is 12.6. The fraction of sp³-hybridized carbons (Fsp3) is 0.588. The van der Waals surface area contributed by atoms with Gasteiger partial charge in [0, 0.05) is 13.1 Å². The SMILES string of the molecule is Cl.NC(Cc1ccccc1)C(=O)N(CC1CC1)CC1CC1. The van der Waals surface area contributed by atoms with Crippen LogP contribution in [0.5, 0.6) is 0 Å². The second-order valence-corrected chi connectivity index (χ2v) is 6.43. The molecule has 2 aliphatic carbocycles. The van der Waals surface area contributed by atoms with Crippen molar-refractivity contribution in [3.05, 3.63) is 35.9 Å². The largest absolute Gasteiger partial charge is 0.341 e. The number of carbonyl (C=O) groups is 1. The first-order chi connectivity index (χ1) is 9.72. The number of benzene rings is 1. The van der Waals surface area contributed by atoms with Gasteiger partial charge >= 0.3 is 0 Å². The molecule has 0 bridgehead atoms. The number of halogens is 1. The fourth-order valence-corrected chi connectivity index (χ4v) is 2.67. The predicted octanol–water partition coefficient (Wildman–Crippen LogP) is 2.63. The summed E-state index contributed by atoms with van der Waals surface area (Å²) in [6, 6.07) is 9.68. The number of hydrogen-bond donors (Lipinski definition) is 1. The lowest BCUT2D eigenvalue weighted by Crippen LogP contribution is -2.46. The van der Waals surface area contributed by atoms with Crippen LogP contribution in [0.15, 0.2) is 30.3 Å². The Morgan fingerprint density at radius 2 is 1.62 bits per heavy atom. The molecular formula is C17H25ClN2O. The van der Waals surface area contributed by atoms with Gasteiger partial charge in [0.2, 0.25) is 5.91 Å². The van der Waals surface area contributed by atoms with Gasteiger partial charge in [0.25, 0.3) is 0 Å². The summed E-state index contributed by atoms with van der Waals surface area (Å²) in [5.41, 5.74) is 7.30. The lowest BCUT2D eigenvalue weighted by atomic mass is 10.1. The van der Waals surface area contributed by atoms with Gasteiger partial charge in [-0.05, 0) is 49.5 Å². The van der Waals surface area contributed by atoms with Gasteiger partial charge in [-0.15, -0.1) is 12.4 Å². The van der Waals surface area contributed by atoms with Crippen molar-refractivity contribution in [1.29, 1.82) is 0 Å². The second kappa shape index (κ2) is 7.28. The molecule has 4 heteroatoms. The Morgan fingerprint density at radius 3 is 2.10 bits per heavy atom. The van der Waals surface area contributed by atoms with E-state index in [4.69, 9.17) is 5.73 Å². The van der Waals surface area contributed by atoms with E-state index in [1.54, 1.807) is 0 Å². The standard InChI is InChI=1S/C17H24N2O.ClH/c18-16(10-13-4-2-1-3-5-13)17(20)19(11-14-6-7-14)12-15-8-9-15;/h1-5,14-16H,6-12,18H2;1H. The van der Waals surface area contributed by atoms with Crippen LogP contribution in [-0.4, -0.2) is 29.9 Å². The van der Waals surface area contributed by atoms with Gasteiger partial charge in [-0.25, -0.2) is 0 Å². The summed E-state index contributed by atoms with van der Waals surface area (Å²) in [5, 5.41) is 0. The molecule has 1 amide bonds. The molecular weight excluding hydrogens is 284 g/mol. The van der Waals surface area contributed by atoms with Crippen LogP contribution in [0.25, 0.3) is 0 Å². The Kier molecular flexibility index (Phi) is 5.65. The predicted molar refractivity (Wildman–Crippen MR) is 87.4 cm³/mol. The van der Waals surface area contributed by atoms with Gasteiger partial charge in [0.15, 0.2) is 0 Å². The van der Waals surface area contributed by atoms with Gasteiger partial charge in [-0.2, -0.15) is 0 Å². The molecule has 0 heterocycles. The van der Waals surface area contributed by atoms with Crippen molar-refractivity contribution in [1.82, 2.24) is 4.90 Å². The highest BCUT2D eigenvalue weighted by Gasteiger charge is 2.33. The Hall–Kier alpha value is -1.06. The van der Waals surface area contributed by atoms with Crippen LogP contribution in [0.2, 0.25) is 0 Å². The minimum atomic E-state index is -0.394. The van der Waals surface area contributed by atoms with E-state index in [1.165, 1.54) is 25.7 Å². The van der Waals surface area contributed by atoms with Crippen molar-refractivity contribution < 1.29 is 4.79 Å². The molecule has 0 spiro atoms. The summed E-state index contributed by atoms with van der Waals surface area (Å²) < 4.78 is 0. The van der Waals surface area contributed by atoms with Crippen LogP contribution >= 0.6 is 12.4 Å². The molecule has 2 N–H and O–H groups in total. The average molecular weight is 309 g/mol. The zero-order valence-corrected chi connectivity index (χ0v) is 13.2. The monoisotopic (exact) mass is 308 g/mol. The van der Waals surface area contributed by atoms with Gasteiger partial charge in [-0.1, -0.05) is 30.3 Å². The molecule has 1 unspecified atom stereocenters. The van der Waals surface area contributed by atoms with Crippen molar-refractivity contribution in [2.24, 2.45) is 17.6 Å². The Morgan fingerprint density at radius 1 is 1.10 bits per heavy atom. The molecule has 116 valence electrons. The van der Waals surface area contributed by atoms with Crippen LogP contribution < -0.4 is 5.73 Å². The van der Waals surface area contributed by atoms with Crippen molar-refractivity contribution in [3.8, 4) is 0 Å². The van der Waals surface area contributed by atoms with Gasteiger partial charge in [0.1, 0.15) is 0 Å². The molecule has 0 aliphatic heterocycles. The lowest BCUT2D eigenvalue weighted by Gasteiger charge is -2.26. The van der Waals surface area contributed by atoms with Crippen molar-refractivity contribution in [2.75, 3.05) is 13.1 Å². The summed E-state index contributed by atoms with van der Waals surface area (Å²) in [6.45, 7) is 1.86. The summed E-state index contributed by atoms with van der Waals surface area (Å²) in [7, 11) is 0. The molecule has 1 aromatic rings. The van der Waals surface area contributed by atoms with Crippen LogP contribution in [0.3, 0.4) is 0 Å². The zero-order valence-electron chi connectivity index (χ0n) is 12.4. The summed E-state index contributed by atoms with van der Waals surface area (Å²) in [6.07, 6.45) is 5.76. The average Bonchev–Trinajstić information content (AvgIpc) is 3.33. The zero-order chi connectivity index (χ0) is 13.9. The number of amides is 1. The highest BCUT2D eigenvalue weighted by atomic mass is 35.5. The van der Waals surface area contributed by atoms with E-state index in [-0.39, 0.29) is 18.3 Å². The normalized spacial score (nSPS) is 18.7. The van der Waals surface area contributed by atoms with E-state index >= 15 is 0 Å². The minimum Gasteiger partial charge on any atom is -0.341 e. The van der Waals surface area contributed by atoms with Gasteiger partial charge in [-0.3, -0.25) is 4.79 Å². The van der Waals surface area contributed by atoms with E-state index in [9.17, 15) is 4.79 Å². The lowest BCUT2D eigenvalue weighted by molar-refractivity contribution is -0.133. The van der Waals surface area contributed by atoms with E-state index in [2.05, 4.69) is 0 Å². The molecule has 2 aliphatic rings. The second-order valence-electron chi connectivity index (χ2n) is 6.43. The summed E-state index contributed by atoms with van der Waals surface area (Å²) in [4.78, 5) is 14.6. The fourth-order valence-electron chi connectivity index (χ4n) is 2.67. The topological polar surface area (TPSA) is 46.3 Å². The Bertz CT molecular complexity index is 443. The Labute approximate surface area is 133 Å². The van der Waals surface area contributed by atoms with Crippen molar-refractivity contribution in [2.45, 2.75) is 38.1 Å². The maximum atomic E-state index is 12.6. The van der Waals surface area contributed by atoms with E-state index < -0.39 is 6.04 Å². The quantitative estimate of drug-likeness (QED) is 0.841. The minimum absolute atomic E-state index is 0. The summed E-state index contributed by atoms with van der Waals surface area (Å²) in [5.74, 6) is 1.62. The van der Waals surface area contributed by atoms with Crippen LogP contribution in [0.4, 0.5) is 0 Å². The molecule has 1 atom stereocenters. The highest BCUT2D eigenvalue weighted by molar-refractivity contribution is 5.85. The number of nitrogens with zero attached hydrogens (tertiary/aromatic N) is 1. The Balaban J connectivity index is 0.00000161. The molecule has 2 saturated carbocycles. The molecule has 3 nitrogen and oxygen atoms in total. The number of nitrogens with two attached hydrogens (primary N) is 1. The maximum Gasteiger partial charge on any atom is 0.239 e. The van der Waals surface area contributed by atoms with Crippen LogP contribution in [0, 0.1) is 11.8 Å². The van der Waals surface area contributed by atoms with Crippen molar-refractivity contribution >= 4 is 18.3 Å². The van der Waals surface area contributed by atoms with Crippen LogP contribution in [0.1, 0.15) is 31.2 Å². The van der Waals surface area contributed by atoms with Gasteiger partial charge < -0.3 is 10.6 Å². The number of carbonyl (C=O) groups excluding carboxylic acids is 1. The third kappa shape index (κ3) is 5.01. The highest BCUT2D eigenvalue weighted by Crippen LogP contribution is 2.33. The molecule has 0 aromatic heterocycles. The first-order valence-corrected chi connectivity index (χ1v) is 7.80. The smallest absolute Gasteiger partial charge is 0.239 e. The molecule has 0 saturated heterocycles. The van der Waals surface area contributed by atoms with E-state index in [0.717, 1.165) is 30.5 Å². The molecule has 0 radical (unpaired) electrons. The molecule has 2 fully saturated rings. The first kappa shape index (κ1) is 16.3. The van der Waals surface area contributed by atoms with E-state index in [0.29, 0.717) is 6.42 Å².